The van der Waals surface area contributed by atoms with E-state index in [0.717, 1.165) is 5.56 Å². The van der Waals surface area contributed by atoms with Crippen molar-refractivity contribution < 1.29 is 33.4 Å². The summed E-state index contributed by atoms with van der Waals surface area (Å²) in [6.07, 6.45) is 0.273. The molecule has 42 heavy (non-hydrogen) atoms. The Labute approximate surface area is 250 Å². The van der Waals surface area contributed by atoms with Crippen LogP contribution < -0.4 is 10.6 Å². The molecule has 2 N–H and O–H groups in total. The minimum atomic E-state index is -0.947. The fraction of sp³-hybridized carbons (Fsp3) is 0.645. The van der Waals surface area contributed by atoms with Gasteiger partial charge in [-0.3, -0.25) is 24.1 Å². The van der Waals surface area contributed by atoms with E-state index in [1.165, 1.54) is 30.8 Å². The summed E-state index contributed by atoms with van der Waals surface area (Å²) in [6, 6.07) is 6.47. The summed E-state index contributed by atoms with van der Waals surface area (Å²) < 4.78 is 10.6. The highest BCUT2D eigenvalue weighted by Gasteiger charge is 2.36. The number of rotatable bonds is 14. The van der Waals surface area contributed by atoms with Crippen molar-refractivity contribution in [2.75, 3.05) is 20.6 Å². The lowest BCUT2D eigenvalue weighted by molar-refractivity contribution is -0.154. The van der Waals surface area contributed by atoms with Crippen molar-refractivity contribution in [1.29, 1.82) is 0 Å². The standard InChI is InChI=1S/C31H50N4O7/c1-11-21(4)26(29(39)34(9)22(5)27(37)32-18-25(36)42-31(6,7)8)33-28(38)24(17-20(2)3)35(10)30(40)41-19-23-15-13-12-14-16-23/h12-16,20-22,24,26H,11,17-19H2,1-10H3,(H,32,37)(H,33,38)/t21-,22-,24-,26-/m0/s1. The van der Waals surface area contributed by atoms with Gasteiger partial charge in [-0.25, -0.2) is 4.79 Å². The average molecular weight is 591 g/mol. The van der Waals surface area contributed by atoms with E-state index in [0.29, 0.717) is 12.8 Å². The Morgan fingerprint density at radius 3 is 2.02 bits per heavy atom. The highest BCUT2D eigenvalue weighted by molar-refractivity contribution is 5.94. The molecule has 4 atom stereocenters. The SMILES string of the molecule is CC[C@H](C)[C@H](NC(=O)[C@H](CC(C)C)N(C)C(=O)OCc1ccccc1)C(=O)N(C)[C@@H](C)C(=O)NCC(=O)OC(C)(C)C. The summed E-state index contributed by atoms with van der Waals surface area (Å²) >= 11 is 0. The molecule has 0 heterocycles. The summed E-state index contributed by atoms with van der Waals surface area (Å²) in [5.41, 5.74) is 0.126. The van der Waals surface area contributed by atoms with Crippen molar-refractivity contribution in [2.24, 2.45) is 11.8 Å². The molecule has 0 saturated carbocycles. The molecule has 1 rings (SSSR count). The van der Waals surface area contributed by atoms with Crippen LogP contribution in [-0.4, -0.2) is 84.0 Å². The van der Waals surface area contributed by atoms with Crippen molar-refractivity contribution in [3.8, 4) is 0 Å². The van der Waals surface area contributed by atoms with Crippen molar-refractivity contribution in [3.63, 3.8) is 0 Å². The molecule has 236 valence electrons. The fourth-order valence-electron chi connectivity index (χ4n) is 4.04. The van der Waals surface area contributed by atoms with Crippen molar-refractivity contribution in [1.82, 2.24) is 20.4 Å². The molecule has 11 heteroatoms. The van der Waals surface area contributed by atoms with E-state index in [1.807, 2.05) is 58.0 Å². The maximum Gasteiger partial charge on any atom is 0.410 e. The first-order valence-corrected chi connectivity index (χ1v) is 14.5. The number of nitrogens with zero attached hydrogens (tertiary/aromatic N) is 2. The Bertz CT molecular complexity index is 1060. The van der Waals surface area contributed by atoms with Crippen LogP contribution >= 0.6 is 0 Å². The van der Waals surface area contributed by atoms with Gasteiger partial charge in [-0.15, -0.1) is 0 Å². The van der Waals surface area contributed by atoms with Gasteiger partial charge in [0.2, 0.25) is 17.7 Å². The first-order chi connectivity index (χ1) is 19.5. The van der Waals surface area contributed by atoms with E-state index < -0.39 is 53.5 Å². The maximum atomic E-state index is 13.6. The molecule has 0 aliphatic rings. The van der Waals surface area contributed by atoms with Gasteiger partial charge in [-0.05, 0) is 51.5 Å². The van der Waals surface area contributed by atoms with Crippen LogP contribution in [0.15, 0.2) is 30.3 Å². The third-order valence-electron chi connectivity index (χ3n) is 6.87. The molecule has 0 aliphatic heterocycles. The van der Waals surface area contributed by atoms with Crippen LogP contribution in [0.1, 0.15) is 73.8 Å². The Morgan fingerprint density at radius 2 is 1.50 bits per heavy atom. The number of esters is 1. The lowest BCUT2D eigenvalue weighted by Gasteiger charge is -2.34. The van der Waals surface area contributed by atoms with Crippen molar-refractivity contribution in [2.45, 2.75) is 98.6 Å². The smallest absolute Gasteiger partial charge is 0.410 e. The first kappa shape index (κ1) is 36.4. The lowest BCUT2D eigenvalue weighted by Crippen LogP contribution is -2.58. The predicted octanol–water partition coefficient (Wildman–Crippen LogP) is 3.51. The zero-order chi connectivity index (χ0) is 32.2. The fourth-order valence-corrected chi connectivity index (χ4v) is 4.04. The normalized spacial score (nSPS) is 14.2. The number of carbonyl (C=O) groups excluding carboxylic acids is 5. The minimum Gasteiger partial charge on any atom is -0.459 e. The molecule has 1 aromatic carbocycles. The molecule has 0 bridgehead atoms. The Kier molecular flexibility index (Phi) is 14.5. The number of carbonyl (C=O) groups is 5. The summed E-state index contributed by atoms with van der Waals surface area (Å²) in [5, 5.41) is 5.35. The number of benzene rings is 1. The average Bonchev–Trinajstić information content (AvgIpc) is 2.93. The van der Waals surface area contributed by atoms with E-state index in [-0.39, 0.29) is 25.0 Å². The molecule has 0 spiro atoms. The predicted molar refractivity (Wildman–Crippen MR) is 160 cm³/mol. The molecule has 0 radical (unpaired) electrons. The van der Waals surface area contributed by atoms with Crippen LogP contribution in [0.5, 0.6) is 0 Å². The van der Waals surface area contributed by atoms with Gasteiger partial charge in [-0.1, -0.05) is 64.4 Å². The molecule has 0 saturated heterocycles. The minimum absolute atomic E-state index is 0.0622. The van der Waals surface area contributed by atoms with Gasteiger partial charge < -0.3 is 25.0 Å². The summed E-state index contributed by atoms with van der Waals surface area (Å²) in [7, 11) is 2.98. The zero-order valence-corrected chi connectivity index (χ0v) is 26.9. The highest BCUT2D eigenvalue weighted by atomic mass is 16.6. The van der Waals surface area contributed by atoms with Crippen molar-refractivity contribution in [3.05, 3.63) is 35.9 Å². The van der Waals surface area contributed by atoms with Gasteiger partial charge in [0, 0.05) is 14.1 Å². The first-order valence-electron chi connectivity index (χ1n) is 14.5. The molecular weight excluding hydrogens is 540 g/mol. The molecule has 0 unspecified atom stereocenters. The molecule has 0 aromatic heterocycles. The quantitative estimate of drug-likeness (QED) is 0.317. The van der Waals surface area contributed by atoms with Gasteiger partial charge >= 0.3 is 12.1 Å². The van der Waals surface area contributed by atoms with Crippen LogP contribution in [0.4, 0.5) is 4.79 Å². The summed E-state index contributed by atoms with van der Waals surface area (Å²) in [4.78, 5) is 67.3. The number of hydrogen-bond acceptors (Lipinski definition) is 7. The zero-order valence-electron chi connectivity index (χ0n) is 26.9. The van der Waals surface area contributed by atoms with Gasteiger partial charge in [0.05, 0.1) is 0 Å². The van der Waals surface area contributed by atoms with Crippen LogP contribution in [-0.2, 0) is 35.3 Å². The number of amides is 4. The van der Waals surface area contributed by atoms with E-state index in [4.69, 9.17) is 9.47 Å². The largest absolute Gasteiger partial charge is 0.459 e. The number of ether oxygens (including phenoxy) is 2. The van der Waals surface area contributed by atoms with Crippen LogP contribution in [0.3, 0.4) is 0 Å². The summed E-state index contributed by atoms with van der Waals surface area (Å²) in [5.74, 6) is -2.28. The molecule has 4 amide bonds. The van der Waals surface area contributed by atoms with Crippen molar-refractivity contribution >= 4 is 29.8 Å². The molecule has 0 fully saturated rings. The van der Waals surface area contributed by atoms with E-state index in [2.05, 4.69) is 10.6 Å². The monoisotopic (exact) mass is 590 g/mol. The van der Waals surface area contributed by atoms with Crippen LogP contribution in [0, 0.1) is 11.8 Å². The molecular formula is C31H50N4O7. The second-order valence-corrected chi connectivity index (χ2v) is 12.1. The van der Waals surface area contributed by atoms with Crippen LogP contribution in [0.2, 0.25) is 0 Å². The van der Waals surface area contributed by atoms with Gasteiger partial charge in [-0.2, -0.15) is 0 Å². The summed E-state index contributed by atoms with van der Waals surface area (Å²) in [6.45, 7) is 14.0. The second kappa shape index (κ2) is 16.7. The number of nitrogens with one attached hydrogen (secondary N) is 2. The van der Waals surface area contributed by atoms with E-state index in [9.17, 15) is 24.0 Å². The van der Waals surface area contributed by atoms with Gasteiger partial charge in [0.1, 0.15) is 36.9 Å². The Morgan fingerprint density at radius 1 is 0.905 bits per heavy atom. The Balaban J connectivity index is 2.99. The van der Waals surface area contributed by atoms with Gasteiger partial charge in [0.15, 0.2) is 0 Å². The Hall–Kier alpha value is -3.63. The number of likely N-dealkylation sites (N-methyl/N-ethyl adjacent to an activating group) is 2. The number of hydrogen-bond donors (Lipinski definition) is 2. The molecule has 1 aromatic rings. The van der Waals surface area contributed by atoms with Crippen LogP contribution in [0.25, 0.3) is 0 Å². The second-order valence-electron chi connectivity index (χ2n) is 12.1. The van der Waals surface area contributed by atoms with E-state index >= 15 is 0 Å². The maximum absolute atomic E-state index is 13.6. The van der Waals surface area contributed by atoms with E-state index in [1.54, 1.807) is 20.8 Å². The molecule has 0 aliphatic carbocycles. The molecule has 11 nitrogen and oxygen atoms in total. The third-order valence-corrected chi connectivity index (χ3v) is 6.87. The van der Waals surface area contributed by atoms with Gasteiger partial charge in [0.25, 0.3) is 0 Å². The highest BCUT2D eigenvalue weighted by Crippen LogP contribution is 2.17. The topological polar surface area (TPSA) is 134 Å². The third kappa shape index (κ3) is 12.1. The lowest BCUT2D eigenvalue weighted by atomic mass is 9.95.